The molecule has 0 fully saturated rings. The molecule has 0 aliphatic carbocycles. The quantitative estimate of drug-likeness (QED) is 0.0272. The number of hydrogen-bond donors (Lipinski definition) is 2. The van der Waals surface area contributed by atoms with Gasteiger partial charge in [-0.3, -0.25) is 9.36 Å². The third kappa shape index (κ3) is 60.9. The number of quaternary nitrogens is 1. The van der Waals surface area contributed by atoms with Crippen LogP contribution in [0.25, 0.3) is 0 Å². The predicted octanol–water partition coefficient (Wildman–Crippen LogP) is 19.5. The number of nitrogens with zero attached hydrogens (tertiary/aromatic N) is 1. The highest BCUT2D eigenvalue weighted by atomic mass is 31.2. The van der Waals surface area contributed by atoms with Crippen LogP contribution in [-0.2, 0) is 18.4 Å². The van der Waals surface area contributed by atoms with Crippen molar-refractivity contribution in [2.75, 3.05) is 40.9 Å². The van der Waals surface area contributed by atoms with Crippen LogP contribution in [0, 0.1) is 0 Å². The van der Waals surface area contributed by atoms with Crippen molar-refractivity contribution >= 4 is 13.7 Å². The van der Waals surface area contributed by atoms with E-state index in [1.54, 1.807) is 6.08 Å². The fourth-order valence-corrected chi connectivity index (χ4v) is 9.76. The van der Waals surface area contributed by atoms with Gasteiger partial charge in [-0.25, -0.2) is 0 Å². The number of carbonyl (C=O) groups is 1. The predicted molar refractivity (Wildman–Crippen MR) is 334 cm³/mol. The minimum Gasteiger partial charge on any atom is -0.756 e. The summed E-state index contributed by atoms with van der Waals surface area (Å²) in [5.41, 5.74) is 0. The van der Waals surface area contributed by atoms with E-state index < -0.39 is 26.6 Å². The second-order valence-electron chi connectivity index (χ2n) is 22.7. The molecule has 8 nitrogen and oxygen atoms in total. The average Bonchev–Trinajstić information content (AvgIpc) is 3.39. The summed E-state index contributed by atoms with van der Waals surface area (Å²) in [7, 11) is 1.24. The molecule has 2 N–H and O–H groups in total. The lowest BCUT2D eigenvalue weighted by Gasteiger charge is -2.29. The fourth-order valence-electron chi connectivity index (χ4n) is 9.04. The summed E-state index contributed by atoms with van der Waals surface area (Å²) >= 11 is 0. The Bertz CT molecular complexity index is 1570. The highest BCUT2D eigenvalue weighted by Gasteiger charge is 2.23. The molecule has 0 aliphatic heterocycles. The maximum Gasteiger partial charge on any atom is 0.268 e. The van der Waals surface area contributed by atoms with Crippen LogP contribution in [0.5, 0.6) is 0 Å². The molecule has 446 valence electrons. The van der Waals surface area contributed by atoms with E-state index in [4.69, 9.17) is 9.05 Å². The molecule has 0 heterocycles. The van der Waals surface area contributed by atoms with Gasteiger partial charge < -0.3 is 28.8 Å². The van der Waals surface area contributed by atoms with Gasteiger partial charge in [0.1, 0.15) is 13.2 Å². The number of phosphoric ester groups is 1. The molecule has 0 aromatic carbocycles. The minimum atomic E-state index is -4.61. The monoisotopic (exact) mass is 1090 g/mol. The lowest BCUT2D eigenvalue weighted by molar-refractivity contribution is -0.870. The van der Waals surface area contributed by atoms with Crippen molar-refractivity contribution in [2.45, 2.75) is 289 Å². The normalized spacial score (nSPS) is 14.4. The van der Waals surface area contributed by atoms with E-state index in [-0.39, 0.29) is 12.5 Å². The van der Waals surface area contributed by atoms with Crippen LogP contribution in [0.1, 0.15) is 277 Å². The molecule has 0 saturated heterocycles. The van der Waals surface area contributed by atoms with Crippen LogP contribution in [-0.4, -0.2) is 68.5 Å². The van der Waals surface area contributed by atoms with Crippen LogP contribution >= 0.6 is 7.82 Å². The zero-order valence-corrected chi connectivity index (χ0v) is 51.8. The molecule has 0 radical (unpaired) electrons. The number of aliphatic hydroxyl groups is 1. The molecule has 9 heteroatoms. The van der Waals surface area contributed by atoms with Crippen molar-refractivity contribution in [3.8, 4) is 0 Å². The van der Waals surface area contributed by atoms with Gasteiger partial charge in [0.25, 0.3) is 7.82 Å². The Morgan fingerprint density at radius 3 is 1.21 bits per heavy atom. The summed E-state index contributed by atoms with van der Waals surface area (Å²) < 4.78 is 23.4. The maximum atomic E-state index is 13.0. The topological polar surface area (TPSA) is 108 Å². The number of unbranched alkanes of at least 4 members (excludes halogenated alkanes) is 31. The number of rotatable bonds is 58. The molecule has 3 unspecified atom stereocenters. The number of phosphoric acid groups is 1. The van der Waals surface area contributed by atoms with E-state index >= 15 is 0 Å². The van der Waals surface area contributed by atoms with Crippen LogP contribution < -0.4 is 10.2 Å². The molecule has 0 rings (SSSR count). The average molecular weight is 1100 g/mol. The molecule has 77 heavy (non-hydrogen) atoms. The second-order valence-corrected chi connectivity index (χ2v) is 24.1. The molecule has 0 aromatic heterocycles. The Labute approximate surface area is 477 Å². The Balaban J connectivity index is 4.05. The third-order valence-electron chi connectivity index (χ3n) is 14.0. The molecule has 0 saturated carbocycles. The first-order chi connectivity index (χ1) is 37.5. The number of carbonyl (C=O) groups excluding carboxylic acids is 1. The van der Waals surface area contributed by atoms with Crippen molar-refractivity contribution in [3.05, 3.63) is 97.2 Å². The number of hydrogen-bond acceptors (Lipinski definition) is 6. The van der Waals surface area contributed by atoms with Crippen LogP contribution in [0.15, 0.2) is 97.2 Å². The standard InChI is InChI=1S/C68H123N2O6P/c1-6-8-10-12-14-16-18-20-22-24-26-27-28-29-30-31-32-33-34-35-36-37-38-39-40-41-42-43-44-46-48-50-52-54-56-58-60-62-68(72)69-66(65-76-77(73,74)75-64-63-70(3,4)5)67(71)61-59-57-55-53-51-49-47-45-25-23-21-19-17-15-13-11-9-7-2/h8,10,14,16,20,22,25-27,29-30,45,51,53,59,61,66-67,71H,6-7,9,11-13,15,17-19,21,23-24,28,31-44,46-50,52,54-58,60,62-65H2,1-5H3,(H-,69,72,73,74)/b10-8-,16-14-,22-20-,27-26-,30-29-,45-25+,53-51+,61-59+. The Morgan fingerprint density at radius 1 is 0.468 bits per heavy atom. The van der Waals surface area contributed by atoms with Gasteiger partial charge in [0.15, 0.2) is 0 Å². The first-order valence-corrected chi connectivity index (χ1v) is 33.6. The summed E-state index contributed by atoms with van der Waals surface area (Å²) in [5, 5.41) is 13.9. The van der Waals surface area contributed by atoms with Crippen molar-refractivity contribution < 1.29 is 32.9 Å². The lowest BCUT2D eigenvalue weighted by Crippen LogP contribution is -2.45. The molecule has 0 aliphatic rings. The minimum absolute atomic E-state index is 0.0108. The van der Waals surface area contributed by atoms with Gasteiger partial charge in [0.2, 0.25) is 5.91 Å². The highest BCUT2D eigenvalue weighted by molar-refractivity contribution is 7.45. The van der Waals surface area contributed by atoms with Crippen molar-refractivity contribution in [1.82, 2.24) is 5.32 Å². The van der Waals surface area contributed by atoms with Gasteiger partial charge in [-0.15, -0.1) is 0 Å². The van der Waals surface area contributed by atoms with E-state index in [0.717, 1.165) is 77.0 Å². The summed E-state index contributed by atoms with van der Waals surface area (Å²) in [6.07, 6.45) is 83.7. The molecular weight excluding hydrogens is 972 g/mol. The van der Waals surface area contributed by atoms with Crippen LogP contribution in [0.2, 0.25) is 0 Å². The second kappa shape index (κ2) is 58.1. The molecule has 3 atom stereocenters. The maximum absolute atomic E-state index is 13.0. The number of nitrogens with one attached hydrogen (secondary N) is 1. The Hall–Kier alpha value is -2.58. The molecule has 0 spiro atoms. The summed E-state index contributed by atoms with van der Waals surface area (Å²) in [5.74, 6) is -0.210. The lowest BCUT2D eigenvalue weighted by atomic mass is 10.0. The number of likely N-dealkylation sites (N-methyl/N-ethyl adjacent to an activating group) is 1. The summed E-state index contributed by atoms with van der Waals surface area (Å²) in [6, 6.07) is -0.913. The van der Waals surface area contributed by atoms with Crippen LogP contribution in [0.3, 0.4) is 0 Å². The van der Waals surface area contributed by atoms with Gasteiger partial charge in [-0.2, -0.15) is 0 Å². The van der Waals surface area contributed by atoms with E-state index in [9.17, 15) is 19.4 Å². The van der Waals surface area contributed by atoms with E-state index in [1.165, 1.54) is 180 Å². The first kappa shape index (κ1) is 74.4. The fraction of sp³-hybridized carbons (Fsp3) is 0.750. The first-order valence-electron chi connectivity index (χ1n) is 32.1. The zero-order valence-electron chi connectivity index (χ0n) is 50.9. The van der Waals surface area contributed by atoms with Gasteiger partial charge in [0.05, 0.1) is 39.9 Å². The largest absolute Gasteiger partial charge is 0.756 e. The molecular formula is C68H123N2O6P. The molecule has 0 bridgehead atoms. The van der Waals surface area contributed by atoms with Crippen molar-refractivity contribution in [2.24, 2.45) is 0 Å². The Kier molecular flexibility index (Phi) is 56.1. The Morgan fingerprint density at radius 2 is 0.805 bits per heavy atom. The highest BCUT2D eigenvalue weighted by Crippen LogP contribution is 2.38. The van der Waals surface area contributed by atoms with Gasteiger partial charge in [0, 0.05) is 6.42 Å². The zero-order chi connectivity index (χ0) is 56.3. The third-order valence-corrected chi connectivity index (χ3v) is 15.0. The number of allylic oxidation sites excluding steroid dienone is 15. The number of amides is 1. The van der Waals surface area contributed by atoms with Crippen LogP contribution in [0.4, 0.5) is 0 Å². The van der Waals surface area contributed by atoms with E-state index in [2.05, 4.69) is 104 Å². The number of aliphatic hydroxyl groups excluding tert-OH is 1. The SMILES string of the molecule is CC/C=C\C/C=C\C/C=C\C/C=C\C/C=C\CCCCCCCCCCCCCCCCCCCCCCCC(=O)NC(COP(=O)([O-])OCC[N+](C)(C)C)C(O)/C=C/CC/C=C/CC/C=C/CCCCCCCCCC. The van der Waals surface area contributed by atoms with Gasteiger partial charge in [-0.05, 0) is 89.9 Å². The van der Waals surface area contributed by atoms with E-state index in [0.29, 0.717) is 17.4 Å². The molecule has 0 aromatic rings. The summed E-state index contributed by atoms with van der Waals surface area (Å²) in [6.45, 7) is 4.51. The van der Waals surface area contributed by atoms with Gasteiger partial charge >= 0.3 is 0 Å². The van der Waals surface area contributed by atoms with Crippen molar-refractivity contribution in [3.63, 3.8) is 0 Å². The summed E-state index contributed by atoms with van der Waals surface area (Å²) in [4.78, 5) is 25.5. The molecule has 1 amide bonds. The smallest absolute Gasteiger partial charge is 0.268 e. The van der Waals surface area contributed by atoms with Gasteiger partial charge in [-0.1, -0.05) is 278 Å². The van der Waals surface area contributed by atoms with Crippen molar-refractivity contribution in [1.29, 1.82) is 0 Å². The van der Waals surface area contributed by atoms with E-state index in [1.807, 2.05) is 27.2 Å².